The van der Waals surface area contributed by atoms with Crippen LogP contribution in [0.4, 0.5) is 0 Å². The Morgan fingerprint density at radius 1 is 0.825 bits per heavy atom. The quantitative estimate of drug-likeness (QED) is 0.321. The van der Waals surface area contributed by atoms with Crippen LogP contribution in [0.2, 0.25) is 0 Å². The Morgan fingerprint density at radius 2 is 1.40 bits per heavy atom. The molecule has 3 aromatic rings. The summed E-state index contributed by atoms with van der Waals surface area (Å²) in [5.41, 5.74) is 2.54. The van der Waals surface area contributed by atoms with E-state index in [0.29, 0.717) is 24.5 Å². The van der Waals surface area contributed by atoms with Gasteiger partial charge in [0.1, 0.15) is 6.04 Å². The van der Waals surface area contributed by atoms with Gasteiger partial charge in [0.05, 0.1) is 27.0 Å². The van der Waals surface area contributed by atoms with Gasteiger partial charge in [0.15, 0.2) is 11.5 Å². The van der Waals surface area contributed by atoms with E-state index in [-0.39, 0.29) is 25.5 Å². The van der Waals surface area contributed by atoms with Gasteiger partial charge in [-0.1, -0.05) is 66.7 Å². The predicted molar refractivity (Wildman–Crippen MR) is 154 cm³/mol. The summed E-state index contributed by atoms with van der Waals surface area (Å²) in [5.74, 6) is 0.422. The van der Waals surface area contributed by atoms with Gasteiger partial charge in [-0.2, -0.15) is 4.31 Å². The molecule has 0 unspecified atom stereocenters. The first-order valence-electron chi connectivity index (χ1n) is 12.9. The van der Waals surface area contributed by atoms with E-state index in [0.717, 1.165) is 27.3 Å². The maximum Gasteiger partial charge on any atom is 0.242 e. The van der Waals surface area contributed by atoms with Crippen molar-refractivity contribution in [2.45, 2.75) is 32.5 Å². The molecule has 9 nitrogen and oxygen atoms in total. The van der Waals surface area contributed by atoms with E-state index in [1.165, 1.54) is 4.90 Å². The number of sulfonamides is 1. The number of hydrogen-bond acceptors (Lipinski definition) is 6. The second-order valence-corrected chi connectivity index (χ2v) is 11.4. The van der Waals surface area contributed by atoms with Crippen molar-refractivity contribution in [3.63, 3.8) is 0 Å². The summed E-state index contributed by atoms with van der Waals surface area (Å²) in [6.45, 7) is 1.82. The Hall–Kier alpha value is -3.89. The van der Waals surface area contributed by atoms with E-state index in [9.17, 15) is 18.0 Å². The molecule has 214 valence electrons. The molecule has 0 aliphatic rings. The largest absolute Gasteiger partial charge is 0.493 e. The average Bonchev–Trinajstić information content (AvgIpc) is 2.95. The van der Waals surface area contributed by atoms with Crippen molar-refractivity contribution in [3.05, 3.63) is 95.6 Å². The Morgan fingerprint density at radius 3 is 1.95 bits per heavy atom. The zero-order valence-electron chi connectivity index (χ0n) is 23.4. The fraction of sp³-hybridized carbons (Fsp3) is 0.333. The number of ether oxygens (including phenoxy) is 2. The molecule has 2 amide bonds. The van der Waals surface area contributed by atoms with Crippen LogP contribution in [0.15, 0.2) is 78.9 Å². The fourth-order valence-electron chi connectivity index (χ4n) is 4.20. The molecule has 0 bridgehead atoms. The molecule has 1 N–H and O–H groups in total. The van der Waals surface area contributed by atoms with Crippen molar-refractivity contribution in [2.24, 2.45) is 0 Å². The molecule has 0 aliphatic carbocycles. The van der Waals surface area contributed by atoms with Crippen molar-refractivity contribution < 1.29 is 27.5 Å². The molecule has 0 aliphatic heterocycles. The molecular weight excluding hydrogens is 530 g/mol. The lowest BCUT2D eigenvalue weighted by molar-refractivity contribution is -0.140. The van der Waals surface area contributed by atoms with Crippen molar-refractivity contribution in [3.8, 4) is 11.5 Å². The lowest BCUT2D eigenvalue weighted by Crippen LogP contribution is -2.51. The van der Waals surface area contributed by atoms with E-state index in [1.807, 2.05) is 66.7 Å². The van der Waals surface area contributed by atoms with Crippen molar-refractivity contribution in [1.29, 1.82) is 0 Å². The van der Waals surface area contributed by atoms with E-state index >= 15 is 0 Å². The maximum absolute atomic E-state index is 13.6. The monoisotopic (exact) mass is 567 g/mol. The lowest BCUT2D eigenvalue weighted by atomic mass is 10.1. The third-order valence-corrected chi connectivity index (χ3v) is 7.70. The number of nitrogens with one attached hydrogen (secondary N) is 1. The predicted octanol–water partition coefficient (Wildman–Crippen LogP) is 3.24. The smallest absolute Gasteiger partial charge is 0.242 e. The van der Waals surface area contributed by atoms with Gasteiger partial charge >= 0.3 is 0 Å². The number of nitrogens with zero attached hydrogens (tertiary/aromatic N) is 2. The summed E-state index contributed by atoms with van der Waals surface area (Å²) in [7, 11) is -0.568. The van der Waals surface area contributed by atoms with E-state index in [4.69, 9.17) is 9.47 Å². The van der Waals surface area contributed by atoms with Gasteiger partial charge in [0.2, 0.25) is 21.8 Å². The minimum atomic E-state index is -3.70. The molecular formula is C30H37N3O6S. The number of rotatable bonds is 14. The van der Waals surface area contributed by atoms with E-state index < -0.39 is 22.0 Å². The first kappa shape index (κ1) is 30.6. The van der Waals surface area contributed by atoms with Crippen LogP contribution in [-0.4, -0.2) is 69.0 Å². The van der Waals surface area contributed by atoms with E-state index in [2.05, 4.69) is 5.32 Å². The molecule has 0 aromatic heterocycles. The second-order valence-electron chi connectivity index (χ2n) is 9.43. The maximum atomic E-state index is 13.6. The molecule has 40 heavy (non-hydrogen) atoms. The number of hydrogen-bond donors (Lipinski definition) is 1. The molecule has 1 atom stereocenters. The lowest BCUT2D eigenvalue weighted by Gasteiger charge is -2.31. The van der Waals surface area contributed by atoms with Crippen LogP contribution in [0.25, 0.3) is 0 Å². The Balaban J connectivity index is 1.73. The van der Waals surface area contributed by atoms with Crippen LogP contribution in [0.5, 0.6) is 11.5 Å². The van der Waals surface area contributed by atoms with Crippen LogP contribution in [0.1, 0.15) is 23.6 Å². The molecule has 0 saturated heterocycles. The van der Waals surface area contributed by atoms with Crippen LogP contribution >= 0.6 is 0 Å². The molecule has 3 aromatic carbocycles. The van der Waals surface area contributed by atoms with Gasteiger partial charge in [-0.3, -0.25) is 9.59 Å². The fourth-order valence-corrected chi connectivity index (χ4v) is 4.92. The van der Waals surface area contributed by atoms with Gasteiger partial charge in [-0.25, -0.2) is 8.42 Å². The van der Waals surface area contributed by atoms with E-state index in [1.54, 1.807) is 33.3 Å². The molecule has 0 heterocycles. The molecule has 0 radical (unpaired) electrons. The third-order valence-electron chi connectivity index (χ3n) is 6.51. The number of methoxy groups -OCH3 is 2. The highest BCUT2D eigenvalue weighted by Gasteiger charge is 2.29. The van der Waals surface area contributed by atoms with Crippen LogP contribution < -0.4 is 14.8 Å². The molecule has 0 spiro atoms. The van der Waals surface area contributed by atoms with Gasteiger partial charge in [-0.15, -0.1) is 0 Å². The normalized spacial score (nSPS) is 12.0. The first-order valence-corrected chi connectivity index (χ1v) is 14.8. The Kier molecular flexibility index (Phi) is 11.1. The summed E-state index contributed by atoms with van der Waals surface area (Å²) >= 11 is 0. The number of carbonyl (C=O) groups is 2. The summed E-state index contributed by atoms with van der Waals surface area (Å²) in [6, 6.07) is 23.1. The second kappa shape index (κ2) is 14.5. The van der Waals surface area contributed by atoms with Gasteiger partial charge in [0, 0.05) is 19.6 Å². The SMILES string of the molecule is COc1ccc(CCNC(=O)[C@@H](C)N(Cc2ccccc2)C(=O)CN(Cc2ccccc2)S(C)(=O)=O)cc1OC. The summed E-state index contributed by atoms with van der Waals surface area (Å²) in [5, 5.41) is 2.90. The highest BCUT2D eigenvalue weighted by molar-refractivity contribution is 7.88. The standard InChI is InChI=1S/C30H37N3O6S/c1-23(30(35)31-18-17-24-15-16-27(38-2)28(19-24)39-3)33(21-26-13-9-6-10-14-26)29(34)22-32(40(4,36)37)20-25-11-7-5-8-12-25/h5-16,19,23H,17-18,20-22H2,1-4H3,(H,31,35)/t23-/m1/s1. The third kappa shape index (κ3) is 8.82. The number of amides is 2. The minimum Gasteiger partial charge on any atom is -0.493 e. The van der Waals surface area contributed by atoms with Crippen molar-refractivity contribution in [1.82, 2.24) is 14.5 Å². The zero-order chi connectivity index (χ0) is 29.1. The van der Waals surface area contributed by atoms with Crippen molar-refractivity contribution >= 4 is 21.8 Å². The molecule has 0 saturated carbocycles. The summed E-state index contributed by atoms with van der Waals surface area (Å²) in [4.78, 5) is 28.2. The highest BCUT2D eigenvalue weighted by atomic mass is 32.2. The van der Waals surface area contributed by atoms with Crippen LogP contribution in [0.3, 0.4) is 0 Å². The van der Waals surface area contributed by atoms with Gasteiger partial charge in [-0.05, 0) is 42.2 Å². The minimum absolute atomic E-state index is 0.0521. The van der Waals surface area contributed by atoms with Crippen LogP contribution in [-0.2, 0) is 39.1 Å². The Bertz CT molecular complexity index is 1370. The molecule has 0 fully saturated rings. The van der Waals surface area contributed by atoms with Crippen molar-refractivity contribution in [2.75, 3.05) is 33.6 Å². The topological polar surface area (TPSA) is 105 Å². The first-order chi connectivity index (χ1) is 19.1. The highest BCUT2D eigenvalue weighted by Crippen LogP contribution is 2.27. The van der Waals surface area contributed by atoms with Crippen LogP contribution in [0, 0.1) is 0 Å². The Labute approximate surface area is 236 Å². The summed E-state index contributed by atoms with van der Waals surface area (Å²) < 4.78 is 36.9. The summed E-state index contributed by atoms with van der Waals surface area (Å²) in [6.07, 6.45) is 1.62. The average molecular weight is 568 g/mol. The zero-order valence-corrected chi connectivity index (χ0v) is 24.2. The number of benzene rings is 3. The van der Waals surface area contributed by atoms with Gasteiger partial charge in [0.25, 0.3) is 0 Å². The molecule has 3 rings (SSSR count). The number of carbonyl (C=O) groups excluding carboxylic acids is 2. The molecule has 10 heteroatoms. The van der Waals surface area contributed by atoms with Gasteiger partial charge < -0.3 is 19.7 Å².